The summed E-state index contributed by atoms with van der Waals surface area (Å²) in [6.45, 7) is 0.349. The maximum atomic E-state index is 12.1. The van der Waals surface area contributed by atoms with Crippen molar-refractivity contribution in [2.24, 2.45) is 0 Å². The summed E-state index contributed by atoms with van der Waals surface area (Å²) in [5, 5.41) is 7.76. The van der Waals surface area contributed by atoms with E-state index in [1.54, 1.807) is 41.2 Å². The Hall–Kier alpha value is -2.11. The second kappa shape index (κ2) is 5.71. The molecule has 0 bridgehead atoms. The van der Waals surface area contributed by atoms with Crippen LogP contribution >= 0.6 is 23.2 Å². The maximum Gasteiger partial charge on any atom is 0.270 e. The molecule has 5 nitrogen and oxygen atoms in total. The quantitative estimate of drug-likeness (QED) is 0.807. The van der Waals surface area contributed by atoms with Gasteiger partial charge in [0.25, 0.3) is 5.91 Å². The Kier molecular flexibility index (Phi) is 3.77. The van der Waals surface area contributed by atoms with Crippen LogP contribution in [0.25, 0.3) is 5.65 Å². The van der Waals surface area contributed by atoms with Gasteiger partial charge in [0.05, 0.1) is 16.2 Å². The highest BCUT2D eigenvalue weighted by Gasteiger charge is 2.08. The Labute approximate surface area is 130 Å². The van der Waals surface area contributed by atoms with Gasteiger partial charge in [0.15, 0.2) is 5.65 Å². The molecule has 0 atom stereocenters. The minimum Gasteiger partial charge on any atom is -0.347 e. The number of amides is 1. The van der Waals surface area contributed by atoms with Gasteiger partial charge in [-0.25, -0.2) is 9.50 Å². The standard InChI is InChI=1S/C14H10Cl2N4O/c15-10-2-1-9(7-11(10)16)8-17-14(21)12-4-6-20-13(19-12)3-5-18-20/h1-7H,8H2,(H,17,21). The van der Waals surface area contributed by atoms with Crippen LogP contribution in [0.15, 0.2) is 42.7 Å². The van der Waals surface area contributed by atoms with Crippen LogP contribution in [-0.2, 0) is 6.54 Å². The van der Waals surface area contributed by atoms with Crippen LogP contribution < -0.4 is 5.32 Å². The van der Waals surface area contributed by atoms with E-state index in [-0.39, 0.29) is 5.91 Å². The Morgan fingerprint density at radius 2 is 2.05 bits per heavy atom. The normalized spacial score (nSPS) is 10.8. The lowest BCUT2D eigenvalue weighted by atomic mass is 10.2. The topological polar surface area (TPSA) is 59.3 Å². The number of fused-ring (bicyclic) bond motifs is 1. The van der Waals surface area contributed by atoms with Crippen molar-refractivity contribution in [2.75, 3.05) is 0 Å². The van der Waals surface area contributed by atoms with Gasteiger partial charge in [-0.2, -0.15) is 5.10 Å². The summed E-state index contributed by atoms with van der Waals surface area (Å²) >= 11 is 11.8. The van der Waals surface area contributed by atoms with E-state index in [2.05, 4.69) is 15.4 Å². The lowest BCUT2D eigenvalue weighted by Crippen LogP contribution is -2.24. The Balaban J connectivity index is 1.72. The van der Waals surface area contributed by atoms with Crippen LogP contribution in [0, 0.1) is 0 Å². The summed E-state index contributed by atoms with van der Waals surface area (Å²) in [5.74, 6) is -0.259. The van der Waals surface area contributed by atoms with Gasteiger partial charge in [-0.15, -0.1) is 0 Å². The van der Waals surface area contributed by atoms with Gasteiger partial charge in [0, 0.05) is 18.8 Å². The first-order chi connectivity index (χ1) is 10.1. The molecule has 2 aromatic heterocycles. The molecule has 0 unspecified atom stereocenters. The van der Waals surface area contributed by atoms with E-state index in [0.717, 1.165) is 5.56 Å². The molecule has 0 saturated heterocycles. The Morgan fingerprint density at radius 1 is 1.19 bits per heavy atom. The second-order valence-corrected chi connectivity index (χ2v) is 5.19. The zero-order valence-corrected chi connectivity index (χ0v) is 12.3. The van der Waals surface area contributed by atoms with Crippen molar-refractivity contribution in [1.82, 2.24) is 19.9 Å². The summed E-state index contributed by atoms with van der Waals surface area (Å²) in [4.78, 5) is 16.3. The molecular formula is C14H10Cl2N4O. The molecule has 0 aliphatic rings. The zero-order chi connectivity index (χ0) is 14.8. The summed E-state index contributed by atoms with van der Waals surface area (Å²) < 4.78 is 1.59. The highest BCUT2D eigenvalue weighted by molar-refractivity contribution is 6.42. The molecule has 3 rings (SSSR count). The number of carbonyl (C=O) groups excluding carboxylic acids is 1. The molecule has 0 spiro atoms. The predicted molar refractivity (Wildman–Crippen MR) is 80.6 cm³/mol. The van der Waals surface area contributed by atoms with Gasteiger partial charge < -0.3 is 5.32 Å². The zero-order valence-electron chi connectivity index (χ0n) is 10.8. The van der Waals surface area contributed by atoms with Crippen molar-refractivity contribution < 1.29 is 4.79 Å². The number of rotatable bonds is 3. The smallest absolute Gasteiger partial charge is 0.270 e. The van der Waals surface area contributed by atoms with E-state index in [9.17, 15) is 4.79 Å². The molecule has 0 radical (unpaired) electrons. The first-order valence-corrected chi connectivity index (χ1v) is 6.91. The van der Waals surface area contributed by atoms with E-state index in [0.29, 0.717) is 27.9 Å². The minimum absolute atomic E-state index is 0.259. The van der Waals surface area contributed by atoms with Crippen molar-refractivity contribution in [2.45, 2.75) is 6.54 Å². The number of nitrogens with zero attached hydrogens (tertiary/aromatic N) is 3. The fraction of sp³-hybridized carbons (Fsp3) is 0.0714. The van der Waals surface area contributed by atoms with Crippen LogP contribution in [0.5, 0.6) is 0 Å². The molecule has 21 heavy (non-hydrogen) atoms. The number of carbonyl (C=O) groups is 1. The van der Waals surface area contributed by atoms with Crippen LogP contribution in [0.1, 0.15) is 16.1 Å². The summed E-state index contributed by atoms with van der Waals surface area (Å²) in [7, 11) is 0. The molecule has 1 N–H and O–H groups in total. The maximum absolute atomic E-state index is 12.1. The molecule has 0 saturated carbocycles. The van der Waals surface area contributed by atoms with Gasteiger partial charge in [0.1, 0.15) is 5.69 Å². The molecule has 106 valence electrons. The third-order valence-corrected chi connectivity index (χ3v) is 3.67. The van der Waals surface area contributed by atoms with E-state index >= 15 is 0 Å². The highest BCUT2D eigenvalue weighted by atomic mass is 35.5. The Morgan fingerprint density at radius 3 is 2.86 bits per heavy atom. The minimum atomic E-state index is -0.259. The van der Waals surface area contributed by atoms with Gasteiger partial charge in [-0.3, -0.25) is 4.79 Å². The average Bonchev–Trinajstić information content (AvgIpc) is 2.95. The van der Waals surface area contributed by atoms with Crippen molar-refractivity contribution in [3.63, 3.8) is 0 Å². The van der Waals surface area contributed by atoms with E-state index in [4.69, 9.17) is 23.2 Å². The molecule has 7 heteroatoms. The van der Waals surface area contributed by atoms with Crippen LogP contribution in [0.4, 0.5) is 0 Å². The van der Waals surface area contributed by atoms with E-state index < -0.39 is 0 Å². The number of hydrogen-bond donors (Lipinski definition) is 1. The van der Waals surface area contributed by atoms with Crippen LogP contribution in [-0.4, -0.2) is 20.5 Å². The van der Waals surface area contributed by atoms with Gasteiger partial charge in [-0.05, 0) is 23.8 Å². The first kappa shape index (κ1) is 13.9. The predicted octanol–water partition coefficient (Wildman–Crippen LogP) is 2.97. The van der Waals surface area contributed by atoms with E-state index in [1.807, 2.05) is 6.07 Å². The van der Waals surface area contributed by atoms with Gasteiger partial charge >= 0.3 is 0 Å². The third-order valence-electron chi connectivity index (χ3n) is 2.93. The largest absolute Gasteiger partial charge is 0.347 e. The molecule has 2 heterocycles. The lowest BCUT2D eigenvalue weighted by Gasteiger charge is -2.06. The number of benzene rings is 1. The van der Waals surface area contributed by atoms with Crippen LogP contribution in [0.2, 0.25) is 10.0 Å². The fourth-order valence-electron chi connectivity index (χ4n) is 1.86. The van der Waals surface area contributed by atoms with Gasteiger partial charge in [0.2, 0.25) is 0 Å². The highest BCUT2D eigenvalue weighted by Crippen LogP contribution is 2.22. The van der Waals surface area contributed by atoms with Crippen molar-refractivity contribution in [3.8, 4) is 0 Å². The fourth-order valence-corrected chi connectivity index (χ4v) is 2.18. The van der Waals surface area contributed by atoms with E-state index in [1.165, 1.54) is 0 Å². The summed E-state index contributed by atoms with van der Waals surface area (Å²) in [6.07, 6.45) is 3.32. The third kappa shape index (κ3) is 2.99. The van der Waals surface area contributed by atoms with Crippen LogP contribution in [0.3, 0.4) is 0 Å². The first-order valence-electron chi connectivity index (χ1n) is 6.16. The number of aromatic nitrogens is 3. The molecule has 0 aliphatic carbocycles. The number of hydrogen-bond acceptors (Lipinski definition) is 3. The molecule has 0 aliphatic heterocycles. The van der Waals surface area contributed by atoms with Crippen molar-refractivity contribution in [1.29, 1.82) is 0 Å². The molecule has 0 fully saturated rings. The van der Waals surface area contributed by atoms with Gasteiger partial charge in [-0.1, -0.05) is 29.3 Å². The number of halogens is 2. The van der Waals surface area contributed by atoms with Crippen molar-refractivity contribution in [3.05, 3.63) is 64.0 Å². The SMILES string of the molecule is O=C(NCc1ccc(Cl)c(Cl)c1)c1ccn2nccc2n1. The van der Waals surface area contributed by atoms with Crippen molar-refractivity contribution >= 4 is 34.8 Å². The molecule has 3 aromatic rings. The molecule has 1 aromatic carbocycles. The lowest BCUT2D eigenvalue weighted by molar-refractivity contribution is 0.0946. The average molecular weight is 321 g/mol. The second-order valence-electron chi connectivity index (χ2n) is 4.38. The summed E-state index contributed by atoms with van der Waals surface area (Å²) in [5.41, 5.74) is 1.82. The molecule has 1 amide bonds. The molecular weight excluding hydrogens is 311 g/mol. The summed E-state index contributed by atoms with van der Waals surface area (Å²) in [6, 6.07) is 8.57. The Bertz CT molecular complexity index is 816. The number of nitrogens with one attached hydrogen (secondary N) is 1. The monoisotopic (exact) mass is 320 g/mol.